The molecule has 0 N–H and O–H groups in total. The Bertz CT molecular complexity index is 518. The van der Waals surface area contributed by atoms with Gasteiger partial charge in [-0.15, -0.1) is 11.3 Å². The highest BCUT2D eigenvalue weighted by atomic mass is 35.5. The van der Waals surface area contributed by atoms with E-state index in [0.717, 1.165) is 6.07 Å². The van der Waals surface area contributed by atoms with Crippen molar-refractivity contribution in [1.82, 2.24) is 4.98 Å². The number of hydrogen-bond donors (Lipinski definition) is 0. The van der Waals surface area contributed by atoms with E-state index in [-0.39, 0.29) is 5.02 Å². The van der Waals surface area contributed by atoms with Gasteiger partial charge in [-0.25, -0.2) is 4.98 Å². The summed E-state index contributed by atoms with van der Waals surface area (Å²) >= 11 is 7.05. The Morgan fingerprint density at radius 3 is 2.67 bits per heavy atom. The van der Waals surface area contributed by atoms with Crippen molar-refractivity contribution < 1.29 is 13.2 Å². The summed E-state index contributed by atoms with van der Waals surface area (Å²) in [5.41, 5.74) is 0.101. The van der Waals surface area contributed by atoms with Crippen LogP contribution in [-0.4, -0.2) is 4.98 Å². The first kappa shape index (κ1) is 10.7. The quantitative estimate of drug-likeness (QED) is 0.681. The molecule has 0 bridgehead atoms. The monoisotopic (exact) mass is 251 g/mol. The molecule has 0 saturated heterocycles. The van der Waals surface area contributed by atoms with Gasteiger partial charge in [-0.05, 0) is 23.9 Å². The fourth-order valence-electron chi connectivity index (χ4n) is 1.23. The molecule has 15 heavy (non-hydrogen) atoms. The number of halogens is 4. The van der Waals surface area contributed by atoms with Gasteiger partial charge in [0.2, 0.25) is 0 Å². The van der Waals surface area contributed by atoms with Crippen LogP contribution in [0, 0.1) is 6.92 Å². The van der Waals surface area contributed by atoms with E-state index in [1.165, 1.54) is 11.3 Å². The number of nitrogens with zero attached hydrogens (tertiary/aromatic N) is 1. The van der Waals surface area contributed by atoms with E-state index >= 15 is 0 Å². The van der Waals surface area contributed by atoms with Crippen molar-refractivity contribution in [3.8, 4) is 0 Å². The Labute approximate surface area is 92.5 Å². The molecule has 0 aliphatic carbocycles. The molecule has 0 atom stereocenters. The minimum Gasteiger partial charge on any atom is -0.242 e. The lowest BCUT2D eigenvalue weighted by molar-refractivity contribution is -0.140. The SMILES string of the molecule is Cc1csc2c(Cl)cc(C(F)(F)F)nc12. The van der Waals surface area contributed by atoms with Crippen LogP contribution in [0.2, 0.25) is 5.02 Å². The Morgan fingerprint density at radius 1 is 1.40 bits per heavy atom. The lowest BCUT2D eigenvalue weighted by atomic mass is 10.2. The number of aromatic nitrogens is 1. The maximum Gasteiger partial charge on any atom is 0.433 e. The van der Waals surface area contributed by atoms with Crippen LogP contribution in [0.4, 0.5) is 13.2 Å². The van der Waals surface area contributed by atoms with Gasteiger partial charge in [0.25, 0.3) is 0 Å². The standard InChI is InChI=1S/C9H5ClF3NS/c1-4-3-15-8-5(10)2-6(9(11,12)13)14-7(4)8/h2-3H,1H3. The molecule has 0 saturated carbocycles. The summed E-state index contributed by atoms with van der Waals surface area (Å²) in [7, 11) is 0. The average Bonchev–Trinajstić information content (AvgIpc) is 2.47. The fraction of sp³-hybridized carbons (Fsp3) is 0.222. The Morgan fingerprint density at radius 2 is 2.07 bits per heavy atom. The van der Waals surface area contributed by atoms with E-state index < -0.39 is 11.9 Å². The predicted octanol–water partition coefficient (Wildman–Crippen LogP) is 4.28. The van der Waals surface area contributed by atoms with Gasteiger partial charge in [-0.1, -0.05) is 11.6 Å². The Hall–Kier alpha value is -0.810. The third-order valence-electron chi connectivity index (χ3n) is 1.95. The summed E-state index contributed by atoms with van der Waals surface area (Å²) < 4.78 is 37.8. The van der Waals surface area contributed by atoms with Crippen LogP contribution >= 0.6 is 22.9 Å². The number of alkyl halides is 3. The van der Waals surface area contributed by atoms with Crippen molar-refractivity contribution in [2.24, 2.45) is 0 Å². The van der Waals surface area contributed by atoms with Gasteiger partial charge in [0.15, 0.2) is 0 Å². The summed E-state index contributed by atoms with van der Waals surface area (Å²) in [5, 5.41) is 1.84. The summed E-state index contributed by atoms with van der Waals surface area (Å²) in [5.74, 6) is 0. The molecular formula is C9H5ClF3NS. The lowest BCUT2D eigenvalue weighted by Crippen LogP contribution is -2.07. The second-order valence-electron chi connectivity index (χ2n) is 3.08. The van der Waals surface area contributed by atoms with Gasteiger partial charge in [-0.3, -0.25) is 0 Å². The Balaban J connectivity index is 2.76. The van der Waals surface area contributed by atoms with Crippen LogP contribution in [0.5, 0.6) is 0 Å². The third kappa shape index (κ3) is 1.81. The molecule has 2 rings (SSSR count). The van der Waals surface area contributed by atoms with E-state index in [1.807, 2.05) is 0 Å². The van der Waals surface area contributed by atoms with Crippen molar-refractivity contribution in [2.45, 2.75) is 13.1 Å². The number of aryl methyl sites for hydroxylation is 1. The van der Waals surface area contributed by atoms with Gasteiger partial charge in [0.1, 0.15) is 5.69 Å². The van der Waals surface area contributed by atoms with Crippen molar-refractivity contribution in [1.29, 1.82) is 0 Å². The van der Waals surface area contributed by atoms with Gasteiger partial charge in [-0.2, -0.15) is 13.2 Å². The third-order valence-corrected chi connectivity index (χ3v) is 3.48. The second kappa shape index (κ2) is 3.35. The first-order valence-electron chi connectivity index (χ1n) is 4.01. The van der Waals surface area contributed by atoms with Crippen LogP contribution in [-0.2, 0) is 6.18 Å². The van der Waals surface area contributed by atoms with Gasteiger partial charge >= 0.3 is 6.18 Å². The summed E-state index contributed by atoms with van der Waals surface area (Å²) in [4.78, 5) is 3.57. The molecule has 0 aliphatic heterocycles. The molecule has 80 valence electrons. The predicted molar refractivity (Wildman–Crippen MR) is 54.4 cm³/mol. The van der Waals surface area contributed by atoms with E-state index in [1.54, 1.807) is 12.3 Å². The van der Waals surface area contributed by atoms with E-state index in [9.17, 15) is 13.2 Å². The maximum atomic E-state index is 12.4. The van der Waals surface area contributed by atoms with Crippen LogP contribution in [0.25, 0.3) is 10.2 Å². The molecular weight excluding hydrogens is 247 g/mol. The molecule has 6 heteroatoms. The number of hydrogen-bond acceptors (Lipinski definition) is 2. The normalized spacial score (nSPS) is 12.3. The lowest BCUT2D eigenvalue weighted by Gasteiger charge is -2.06. The molecule has 2 aromatic heterocycles. The number of pyridine rings is 1. The zero-order valence-electron chi connectivity index (χ0n) is 7.52. The van der Waals surface area contributed by atoms with Crippen LogP contribution in [0.15, 0.2) is 11.4 Å². The smallest absolute Gasteiger partial charge is 0.242 e. The zero-order chi connectivity index (χ0) is 11.2. The van der Waals surface area contributed by atoms with Gasteiger partial charge in [0, 0.05) is 0 Å². The van der Waals surface area contributed by atoms with Crippen LogP contribution in [0.1, 0.15) is 11.3 Å². The average molecular weight is 252 g/mol. The molecule has 0 amide bonds. The first-order valence-corrected chi connectivity index (χ1v) is 5.27. The van der Waals surface area contributed by atoms with Crippen molar-refractivity contribution >= 4 is 33.2 Å². The number of fused-ring (bicyclic) bond motifs is 1. The van der Waals surface area contributed by atoms with Gasteiger partial charge < -0.3 is 0 Å². The molecule has 2 aromatic rings. The van der Waals surface area contributed by atoms with Crippen molar-refractivity contribution in [2.75, 3.05) is 0 Å². The maximum absolute atomic E-state index is 12.4. The van der Waals surface area contributed by atoms with Crippen molar-refractivity contribution in [3.05, 3.63) is 27.7 Å². The summed E-state index contributed by atoms with van der Waals surface area (Å²) in [6.45, 7) is 1.71. The van der Waals surface area contributed by atoms with E-state index in [2.05, 4.69) is 4.98 Å². The zero-order valence-corrected chi connectivity index (χ0v) is 9.09. The summed E-state index contributed by atoms with van der Waals surface area (Å²) in [6, 6.07) is 0.861. The van der Waals surface area contributed by atoms with Gasteiger partial charge in [0.05, 0.1) is 15.2 Å². The molecule has 0 spiro atoms. The Kier molecular flexibility index (Phi) is 2.39. The number of thiophene rings is 1. The topological polar surface area (TPSA) is 12.9 Å². The molecule has 0 unspecified atom stereocenters. The highest BCUT2D eigenvalue weighted by Gasteiger charge is 2.33. The minimum atomic E-state index is -4.45. The molecule has 0 radical (unpaired) electrons. The van der Waals surface area contributed by atoms with Crippen LogP contribution < -0.4 is 0 Å². The first-order chi connectivity index (χ1) is 6.89. The molecule has 0 fully saturated rings. The fourth-order valence-corrected chi connectivity index (χ4v) is 2.45. The van der Waals surface area contributed by atoms with Crippen molar-refractivity contribution in [3.63, 3.8) is 0 Å². The van der Waals surface area contributed by atoms with Crippen LogP contribution in [0.3, 0.4) is 0 Å². The van der Waals surface area contributed by atoms with E-state index in [4.69, 9.17) is 11.6 Å². The molecule has 0 aromatic carbocycles. The highest BCUT2D eigenvalue weighted by Crippen LogP contribution is 2.36. The van der Waals surface area contributed by atoms with E-state index in [0.29, 0.717) is 15.8 Å². The molecule has 2 heterocycles. The molecule has 0 aliphatic rings. The summed E-state index contributed by atoms with van der Waals surface area (Å²) in [6.07, 6.45) is -4.45. The number of rotatable bonds is 0. The second-order valence-corrected chi connectivity index (χ2v) is 4.37. The largest absolute Gasteiger partial charge is 0.433 e. The highest BCUT2D eigenvalue weighted by molar-refractivity contribution is 7.18. The molecule has 1 nitrogen and oxygen atoms in total. The minimum absolute atomic E-state index is 0.102.